The van der Waals surface area contributed by atoms with E-state index in [1.54, 1.807) is 6.07 Å². The summed E-state index contributed by atoms with van der Waals surface area (Å²) in [7, 11) is 0. The summed E-state index contributed by atoms with van der Waals surface area (Å²) >= 11 is 3.03. The van der Waals surface area contributed by atoms with Crippen molar-refractivity contribution in [3.63, 3.8) is 0 Å². The van der Waals surface area contributed by atoms with Gasteiger partial charge in [0.05, 0.1) is 11.5 Å². The highest BCUT2D eigenvalue weighted by atomic mass is 32.2. The van der Waals surface area contributed by atoms with Gasteiger partial charge < -0.3 is 9.47 Å². The smallest absolute Gasteiger partial charge is 0.274 e. The molecule has 0 radical (unpaired) electrons. The maximum atomic E-state index is 12.3. The van der Waals surface area contributed by atoms with Gasteiger partial charge in [0.2, 0.25) is 0 Å². The molecule has 0 aliphatic carbocycles. The number of nitrogens with zero attached hydrogens (tertiary/aromatic N) is 1. The minimum absolute atomic E-state index is 0.0241. The van der Waals surface area contributed by atoms with Gasteiger partial charge in [-0.15, -0.1) is 0 Å². The van der Waals surface area contributed by atoms with E-state index in [4.69, 9.17) is 9.47 Å². The van der Waals surface area contributed by atoms with Crippen LogP contribution in [0.1, 0.15) is 23.1 Å². The Morgan fingerprint density at radius 3 is 2.34 bits per heavy atom. The number of rotatable bonds is 11. The highest BCUT2D eigenvalue weighted by molar-refractivity contribution is 7.98. The van der Waals surface area contributed by atoms with Crippen LogP contribution in [0.5, 0.6) is 17.4 Å². The van der Waals surface area contributed by atoms with Gasteiger partial charge in [-0.25, -0.2) is 0 Å². The van der Waals surface area contributed by atoms with Crippen LogP contribution < -0.4 is 14.4 Å². The fourth-order valence-corrected chi connectivity index (χ4v) is 5.06. The third-order valence-electron chi connectivity index (χ3n) is 5.60. The molecule has 0 fully saturated rings. The van der Waals surface area contributed by atoms with Gasteiger partial charge >= 0.3 is 0 Å². The van der Waals surface area contributed by atoms with Crippen molar-refractivity contribution < 1.29 is 18.9 Å². The van der Waals surface area contributed by atoms with Crippen molar-refractivity contribution in [1.82, 2.24) is 4.37 Å². The lowest BCUT2D eigenvalue weighted by molar-refractivity contribution is -0.0106. The van der Waals surface area contributed by atoms with E-state index < -0.39 is 0 Å². The fourth-order valence-electron chi connectivity index (χ4n) is 3.99. The average molecular weight is 510 g/mol. The SMILES string of the molecule is CSCCCOc1cc(C)c(-c2cccc(COc3ccc(-c4cc(OF)ns4)cc3)c2)c(C)c1. The van der Waals surface area contributed by atoms with E-state index in [2.05, 4.69) is 65.8 Å². The molecule has 4 aromatic rings. The lowest BCUT2D eigenvalue weighted by Crippen LogP contribution is -2.00. The van der Waals surface area contributed by atoms with Crippen LogP contribution >= 0.6 is 23.3 Å². The molecule has 4 rings (SSSR count). The predicted octanol–water partition coefficient (Wildman–Crippen LogP) is 8.07. The van der Waals surface area contributed by atoms with Gasteiger partial charge in [-0.1, -0.05) is 18.2 Å². The van der Waals surface area contributed by atoms with E-state index in [9.17, 15) is 4.53 Å². The Hall–Kier alpha value is -3.03. The van der Waals surface area contributed by atoms with Crippen molar-refractivity contribution in [3.8, 4) is 38.9 Å². The molecule has 4 nitrogen and oxygen atoms in total. The molecule has 0 unspecified atom stereocenters. The summed E-state index contributed by atoms with van der Waals surface area (Å²) < 4.78 is 28.1. The minimum atomic E-state index is -0.0241. The second-order valence-corrected chi connectivity index (χ2v) is 10.0. The summed E-state index contributed by atoms with van der Waals surface area (Å²) in [4.78, 5) is 4.51. The molecule has 0 N–H and O–H groups in total. The largest absolute Gasteiger partial charge is 0.494 e. The zero-order chi connectivity index (χ0) is 24.6. The van der Waals surface area contributed by atoms with Crippen LogP contribution in [0, 0.1) is 13.8 Å². The third kappa shape index (κ3) is 6.55. The monoisotopic (exact) mass is 509 g/mol. The van der Waals surface area contributed by atoms with Crippen LogP contribution in [0.25, 0.3) is 21.6 Å². The zero-order valence-electron chi connectivity index (χ0n) is 20.0. The van der Waals surface area contributed by atoms with E-state index in [-0.39, 0.29) is 5.88 Å². The van der Waals surface area contributed by atoms with Gasteiger partial charge in [-0.05, 0) is 120 Å². The average Bonchev–Trinajstić information content (AvgIpc) is 3.35. The molecule has 1 heterocycles. The number of hydrogen-bond acceptors (Lipinski definition) is 6. The van der Waals surface area contributed by atoms with Gasteiger partial charge in [0.15, 0.2) is 0 Å². The Morgan fingerprint density at radius 2 is 1.66 bits per heavy atom. The van der Waals surface area contributed by atoms with Crippen LogP contribution in [-0.2, 0) is 6.61 Å². The molecule has 0 atom stereocenters. The number of ether oxygens (including phenoxy) is 2. The van der Waals surface area contributed by atoms with Gasteiger partial charge in [0, 0.05) is 10.6 Å². The van der Waals surface area contributed by atoms with Gasteiger partial charge in [0.1, 0.15) is 18.1 Å². The van der Waals surface area contributed by atoms with E-state index in [0.29, 0.717) is 6.61 Å². The molecule has 0 saturated heterocycles. The van der Waals surface area contributed by atoms with Crippen molar-refractivity contribution in [2.75, 3.05) is 18.6 Å². The zero-order valence-corrected chi connectivity index (χ0v) is 21.7. The Balaban J connectivity index is 1.42. The molecule has 1 aromatic heterocycles. The molecule has 7 heteroatoms. The Labute approximate surface area is 214 Å². The first-order chi connectivity index (χ1) is 17.1. The van der Waals surface area contributed by atoms with Crippen LogP contribution in [0.15, 0.2) is 66.7 Å². The first-order valence-electron chi connectivity index (χ1n) is 11.4. The van der Waals surface area contributed by atoms with Crippen molar-refractivity contribution in [2.45, 2.75) is 26.9 Å². The van der Waals surface area contributed by atoms with Crippen molar-refractivity contribution in [2.24, 2.45) is 0 Å². The Bertz CT molecular complexity index is 1230. The fraction of sp³-hybridized carbons (Fsp3) is 0.250. The van der Waals surface area contributed by atoms with E-state index >= 15 is 0 Å². The first-order valence-corrected chi connectivity index (χ1v) is 13.5. The number of hydrogen-bond donors (Lipinski definition) is 0. The second kappa shape index (κ2) is 12.1. The molecule has 0 aliphatic rings. The number of benzene rings is 3. The van der Waals surface area contributed by atoms with Crippen molar-refractivity contribution in [3.05, 3.63) is 83.4 Å². The summed E-state index contributed by atoms with van der Waals surface area (Å²) in [6, 6.07) is 21.9. The normalized spacial score (nSPS) is 10.9. The maximum Gasteiger partial charge on any atom is 0.274 e. The van der Waals surface area contributed by atoms with E-state index in [1.165, 1.54) is 33.8 Å². The number of halogens is 1. The maximum absolute atomic E-state index is 12.3. The summed E-state index contributed by atoms with van der Waals surface area (Å²) in [5.41, 5.74) is 6.82. The predicted molar refractivity (Wildman–Crippen MR) is 143 cm³/mol. The summed E-state index contributed by atoms with van der Waals surface area (Å²) in [5.74, 6) is 2.78. The van der Waals surface area contributed by atoms with Gasteiger partial charge in [-0.3, -0.25) is 4.94 Å². The van der Waals surface area contributed by atoms with Gasteiger partial charge in [0.25, 0.3) is 5.88 Å². The minimum Gasteiger partial charge on any atom is -0.494 e. The lowest BCUT2D eigenvalue weighted by Gasteiger charge is -2.15. The third-order valence-corrected chi connectivity index (χ3v) is 7.11. The molecule has 3 aromatic carbocycles. The molecule has 0 saturated carbocycles. The summed E-state index contributed by atoms with van der Waals surface area (Å²) in [6.45, 7) is 5.47. The van der Waals surface area contributed by atoms with Crippen LogP contribution in [0.4, 0.5) is 4.53 Å². The summed E-state index contributed by atoms with van der Waals surface area (Å²) in [6.07, 6.45) is 3.16. The molecule has 0 amide bonds. The van der Waals surface area contributed by atoms with E-state index in [1.807, 2.05) is 36.0 Å². The first kappa shape index (κ1) is 25.1. The molecule has 0 spiro atoms. The van der Waals surface area contributed by atoms with E-state index in [0.717, 1.165) is 46.3 Å². The highest BCUT2D eigenvalue weighted by Crippen LogP contribution is 2.32. The Kier molecular flexibility index (Phi) is 8.66. The standard InChI is InChI=1S/C28H28FNO3S2/c1-19-14-25(31-12-5-13-34-3)15-20(2)28(19)23-7-4-6-21(16-23)18-32-24-10-8-22(9-11-24)26-17-27(33-29)30-35-26/h4,6-11,14-17H,5,12-13,18H2,1-3H3. The van der Waals surface area contributed by atoms with Crippen molar-refractivity contribution >= 4 is 23.3 Å². The highest BCUT2D eigenvalue weighted by Gasteiger charge is 2.10. The molecule has 0 bridgehead atoms. The second-order valence-electron chi connectivity index (χ2n) is 8.25. The molecular formula is C28H28FNO3S2. The van der Waals surface area contributed by atoms with Crippen LogP contribution in [0.3, 0.4) is 0 Å². The summed E-state index contributed by atoms with van der Waals surface area (Å²) in [5, 5.41) is 0. The lowest BCUT2D eigenvalue weighted by atomic mass is 9.94. The van der Waals surface area contributed by atoms with Gasteiger partial charge in [-0.2, -0.15) is 16.1 Å². The van der Waals surface area contributed by atoms with Crippen LogP contribution in [0.2, 0.25) is 0 Å². The number of aromatic nitrogens is 1. The van der Waals surface area contributed by atoms with Crippen LogP contribution in [-0.4, -0.2) is 23.0 Å². The molecule has 182 valence electrons. The Morgan fingerprint density at radius 1 is 0.886 bits per heavy atom. The van der Waals surface area contributed by atoms with Crippen molar-refractivity contribution in [1.29, 1.82) is 0 Å². The molecule has 35 heavy (non-hydrogen) atoms. The molecular weight excluding hydrogens is 481 g/mol. The number of aryl methyl sites for hydroxylation is 2. The topological polar surface area (TPSA) is 40.6 Å². The molecule has 0 aliphatic heterocycles. The quantitative estimate of drug-likeness (QED) is 0.191. The number of thioether (sulfide) groups is 1.